The van der Waals surface area contributed by atoms with E-state index < -0.39 is 6.43 Å². The lowest BCUT2D eigenvalue weighted by atomic mass is 10.1. The van der Waals surface area contributed by atoms with Crippen molar-refractivity contribution in [1.82, 2.24) is 4.98 Å². The minimum absolute atomic E-state index is 0.0896. The summed E-state index contributed by atoms with van der Waals surface area (Å²) in [4.78, 5) is 6.46. The topological polar surface area (TPSA) is 36.4 Å². The van der Waals surface area contributed by atoms with E-state index in [1.807, 2.05) is 13.8 Å². The van der Waals surface area contributed by atoms with Crippen LogP contribution < -0.4 is 4.90 Å². The van der Waals surface area contributed by atoms with Gasteiger partial charge in [0.2, 0.25) is 0 Å². The lowest BCUT2D eigenvalue weighted by Crippen LogP contribution is -2.23. The molecule has 0 aliphatic carbocycles. The summed E-state index contributed by atoms with van der Waals surface area (Å²) in [5.41, 5.74) is 0.795. The summed E-state index contributed by atoms with van der Waals surface area (Å²) in [5.74, 6) is 0.187. The number of aliphatic hydroxyl groups excluding tert-OH is 1. The SMILES string of the molecule is CC(C)c1nc(N(C)CC(F)F)sc1CO. The van der Waals surface area contributed by atoms with Crippen LogP contribution in [0.5, 0.6) is 0 Å². The van der Waals surface area contributed by atoms with Gasteiger partial charge in [-0.2, -0.15) is 0 Å². The quantitative estimate of drug-likeness (QED) is 0.872. The van der Waals surface area contributed by atoms with Gasteiger partial charge in [0, 0.05) is 7.05 Å². The van der Waals surface area contributed by atoms with Crippen molar-refractivity contribution in [3.05, 3.63) is 10.6 Å². The average molecular weight is 250 g/mol. The Morgan fingerprint density at radius 3 is 2.44 bits per heavy atom. The smallest absolute Gasteiger partial charge is 0.255 e. The predicted molar refractivity (Wildman–Crippen MR) is 61.4 cm³/mol. The lowest BCUT2D eigenvalue weighted by Gasteiger charge is -2.14. The van der Waals surface area contributed by atoms with Gasteiger partial charge in [0.05, 0.1) is 23.7 Å². The number of hydrogen-bond donors (Lipinski definition) is 1. The van der Waals surface area contributed by atoms with Gasteiger partial charge in [-0.05, 0) is 5.92 Å². The van der Waals surface area contributed by atoms with Gasteiger partial charge in [0.1, 0.15) is 0 Å². The van der Waals surface area contributed by atoms with Crippen LogP contribution in [0.3, 0.4) is 0 Å². The molecular weight excluding hydrogens is 234 g/mol. The van der Waals surface area contributed by atoms with E-state index in [1.165, 1.54) is 16.2 Å². The Morgan fingerprint density at radius 2 is 2.06 bits per heavy atom. The largest absolute Gasteiger partial charge is 0.391 e. The van der Waals surface area contributed by atoms with Gasteiger partial charge in [-0.1, -0.05) is 25.2 Å². The number of thiazole rings is 1. The second-order valence-corrected chi connectivity index (χ2v) is 4.95. The molecule has 0 fully saturated rings. The van der Waals surface area contributed by atoms with Crippen molar-refractivity contribution in [2.45, 2.75) is 32.8 Å². The van der Waals surface area contributed by atoms with Crippen molar-refractivity contribution in [3.8, 4) is 0 Å². The van der Waals surface area contributed by atoms with E-state index in [0.717, 1.165) is 10.6 Å². The Balaban J connectivity index is 2.89. The molecule has 1 aromatic heterocycles. The van der Waals surface area contributed by atoms with Crippen LogP contribution in [-0.4, -0.2) is 30.1 Å². The number of halogens is 2. The molecule has 0 aliphatic heterocycles. The minimum Gasteiger partial charge on any atom is -0.391 e. The monoisotopic (exact) mass is 250 g/mol. The van der Waals surface area contributed by atoms with Crippen LogP contribution in [0, 0.1) is 0 Å². The second-order valence-electron chi connectivity index (χ2n) is 3.89. The highest BCUT2D eigenvalue weighted by atomic mass is 32.1. The number of hydrogen-bond acceptors (Lipinski definition) is 4. The predicted octanol–water partition coefficient (Wildman–Crippen LogP) is 2.46. The molecule has 92 valence electrons. The first kappa shape index (κ1) is 13.3. The summed E-state index contributed by atoms with van der Waals surface area (Å²) in [7, 11) is 1.58. The van der Waals surface area contributed by atoms with E-state index in [-0.39, 0.29) is 19.1 Å². The molecule has 1 N–H and O–H groups in total. The Morgan fingerprint density at radius 1 is 1.44 bits per heavy atom. The molecule has 0 radical (unpaired) electrons. The van der Waals surface area contributed by atoms with Crippen LogP contribution >= 0.6 is 11.3 Å². The zero-order valence-electron chi connectivity index (χ0n) is 9.57. The molecule has 0 aromatic carbocycles. The molecule has 1 aromatic rings. The van der Waals surface area contributed by atoms with Crippen LogP contribution in [0.2, 0.25) is 0 Å². The van der Waals surface area contributed by atoms with Gasteiger partial charge in [0.25, 0.3) is 6.43 Å². The van der Waals surface area contributed by atoms with E-state index in [1.54, 1.807) is 7.05 Å². The maximum absolute atomic E-state index is 12.2. The normalized spacial score (nSPS) is 11.5. The van der Waals surface area contributed by atoms with Gasteiger partial charge in [-0.25, -0.2) is 13.8 Å². The highest BCUT2D eigenvalue weighted by Crippen LogP contribution is 2.30. The first-order valence-corrected chi connectivity index (χ1v) is 5.87. The molecule has 16 heavy (non-hydrogen) atoms. The fourth-order valence-electron chi connectivity index (χ4n) is 1.36. The first-order valence-electron chi connectivity index (χ1n) is 5.05. The Bertz CT molecular complexity index is 342. The molecule has 0 spiro atoms. The van der Waals surface area contributed by atoms with Crippen molar-refractivity contribution in [2.24, 2.45) is 0 Å². The second kappa shape index (κ2) is 5.54. The molecule has 0 bridgehead atoms. The molecule has 0 saturated heterocycles. The molecule has 0 amide bonds. The van der Waals surface area contributed by atoms with E-state index in [4.69, 9.17) is 5.11 Å². The van der Waals surface area contributed by atoms with Crippen LogP contribution in [0.15, 0.2) is 0 Å². The molecule has 1 rings (SSSR count). The molecule has 3 nitrogen and oxygen atoms in total. The van der Waals surface area contributed by atoms with Gasteiger partial charge in [-0.15, -0.1) is 0 Å². The van der Waals surface area contributed by atoms with Gasteiger partial charge >= 0.3 is 0 Å². The van der Waals surface area contributed by atoms with Crippen molar-refractivity contribution in [1.29, 1.82) is 0 Å². The number of anilines is 1. The molecule has 0 unspecified atom stereocenters. The number of nitrogens with zero attached hydrogens (tertiary/aromatic N) is 2. The highest BCUT2D eigenvalue weighted by Gasteiger charge is 2.17. The molecule has 0 atom stereocenters. The molecule has 6 heteroatoms. The van der Waals surface area contributed by atoms with E-state index in [2.05, 4.69) is 4.98 Å². The summed E-state index contributed by atoms with van der Waals surface area (Å²) in [6, 6.07) is 0. The van der Waals surface area contributed by atoms with E-state index in [9.17, 15) is 8.78 Å². The van der Waals surface area contributed by atoms with E-state index in [0.29, 0.717) is 5.13 Å². The number of rotatable bonds is 5. The third kappa shape index (κ3) is 3.12. The van der Waals surface area contributed by atoms with Gasteiger partial charge in [0.15, 0.2) is 5.13 Å². The summed E-state index contributed by atoms with van der Waals surface area (Å²) in [6.45, 7) is 3.50. The highest BCUT2D eigenvalue weighted by molar-refractivity contribution is 7.15. The molecule has 1 heterocycles. The van der Waals surface area contributed by atoms with Gasteiger partial charge in [-0.3, -0.25) is 0 Å². The van der Waals surface area contributed by atoms with E-state index >= 15 is 0 Å². The fourth-order valence-corrected chi connectivity index (χ4v) is 2.41. The zero-order valence-corrected chi connectivity index (χ0v) is 10.4. The Hall–Kier alpha value is -0.750. The van der Waals surface area contributed by atoms with Crippen LogP contribution in [0.1, 0.15) is 30.3 Å². The maximum Gasteiger partial charge on any atom is 0.255 e. The molecule has 0 aliphatic rings. The Kier molecular flexibility index (Phi) is 4.61. The van der Waals surface area contributed by atoms with Crippen LogP contribution in [0.4, 0.5) is 13.9 Å². The lowest BCUT2D eigenvalue weighted by molar-refractivity contribution is 0.156. The molecular formula is C10H16F2N2OS. The fraction of sp³-hybridized carbons (Fsp3) is 0.700. The van der Waals surface area contributed by atoms with Gasteiger partial charge < -0.3 is 10.0 Å². The van der Waals surface area contributed by atoms with Crippen LogP contribution in [0.25, 0.3) is 0 Å². The van der Waals surface area contributed by atoms with Crippen molar-refractivity contribution in [2.75, 3.05) is 18.5 Å². The van der Waals surface area contributed by atoms with Crippen molar-refractivity contribution >= 4 is 16.5 Å². The molecule has 0 saturated carbocycles. The number of aliphatic hydroxyl groups is 1. The summed E-state index contributed by atoms with van der Waals surface area (Å²) in [6.07, 6.45) is -2.38. The average Bonchev–Trinajstić information content (AvgIpc) is 2.60. The first-order chi connectivity index (χ1) is 7.45. The minimum atomic E-state index is -2.38. The standard InChI is InChI=1S/C10H16F2N2OS/c1-6(2)9-7(5-15)16-10(13-9)14(3)4-8(11)12/h6,8,15H,4-5H2,1-3H3. The third-order valence-corrected chi connectivity index (χ3v) is 3.32. The maximum atomic E-state index is 12.2. The van der Waals surface area contributed by atoms with Crippen molar-refractivity contribution < 1.29 is 13.9 Å². The number of aromatic nitrogens is 1. The summed E-state index contributed by atoms with van der Waals surface area (Å²) < 4.78 is 24.4. The van der Waals surface area contributed by atoms with Crippen molar-refractivity contribution in [3.63, 3.8) is 0 Å². The number of alkyl halides is 2. The van der Waals surface area contributed by atoms with Crippen LogP contribution in [-0.2, 0) is 6.61 Å². The third-order valence-electron chi connectivity index (χ3n) is 2.15. The zero-order chi connectivity index (χ0) is 12.3. The summed E-state index contributed by atoms with van der Waals surface area (Å²) >= 11 is 1.27. The Labute approximate surface area is 97.7 Å². The summed E-state index contributed by atoms with van der Waals surface area (Å²) in [5, 5.41) is 9.68.